The van der Waals surface area contributed by atoms with Gasteiger partial charge in [0.2, 0.25) is 0 Å². The molecule has 0 bridgehead atoms. The van der Waals surface area contributed by atoms with E-state index in [1.54, 1.807) is 0 Å². The highest BCUT2D eigenvalue weighted by atomic mass is 14.9. The Kier molecular flexibility index (Phi) is 3.14. The fourth-order valence-electron chi connectivity index (χ4n) is 2.12. The molecule has 1 N–H and O–H groups in total. The molecule has 76 valence electrons. The molecule has 14 heavy (non-hydrogen) atoms. The Hall–Kier alpha value is -0.890. The van der Waals surface area contributed by atoms with Crippen molar-refractivity contribution >= 4 is 0 Å². The van der Waals surface area contributed by atoms with E-state index in [0.717, 1.165) is 12.3 Å². The zero-order chi connectivity index (χ0) is 9.80. The van der Waals surface area contributed by atoms with Gasteiger partial charge in [-0.1, -0.05) is 12.5 Å². The topological polar surface area (TPSA) is 24.9 Å². The lowest BCUT2D eigenvalue weighted by atomic mass is 9.78. The molecule has 2 rings (SSSR count). The molecule has 1 unspecified atom stereocenters. The van der Waals surface area contributed by atoms with Crippen LogP contribution in [0.5, 0.6) is 0 Å². The highest BCUT2D eigenvalue weighted by Gasteiger charge is 2.25. The number of likely N-dealkylation sites (N-methyl/N-ethyl adjacent to an activating group) is 1. The standard InChI is InChI=1S/C12H18N2/c1-13-12(11-5-2-6-11)8-10-4-3-7-14-9-10/h3-4,7,9,11-13H,2,5-6,8H2,1H3. The Morgan fingerprint density at radius 3 is 2.93 bits per heavy atom. The van der Waals surface area contributed by atoms with Crippen molar-refractivity contribution in [2.75, 3.05) is 7.05 Å². The van der Waals surface area contributed by atoms with Crippen LogP contribution in [-0.4, -0.2) is 18.1 Å². The highest BCUT2D eigenvalue weighted by Crippen LogP contribution is 2.30. The number of pyridine rings is 1. The third-order valence-corrected chi connectivity index (χ3v) is 3.27. The van der Waals surface area contributed by atoms with Gasteiger partial charge in [0.25, 0.3) is 0 Å². The fraction of sp³-hybridized carbons (Fsp3) is 0.583. The largest absolute Gasteiger partial charge is 0.316 e. The van der Waals surface area contributed by atoms with Crippen LogP contribution in [0.1, 0.15) is 24.8 Å². The van der Waals surface area contributed by atoms with Crippen molar-refractivity contribution in [3.05, 3.63) is 30.1 Å². The van der Waals surface area contributed by atoms with Crippen LogP contribution in [0.15, 0.2) is 24.5 Å². The number of hydrogen-bond donors (Lipinski definition) is 1. The van der Waals surface area contributed by atoms with Crippen molar-refractivity contribution in [1.29, 1.82) is 0 Å². The number of nitrogens with zero attached hydrogens (tertiary/aromatic N) is 1. The number of nitrogens with one attached hydrogen (secondary N) is 1. The average molecular weight is 190 g/mol. The lowest BCUT2D eigenvalue weighted by Gasteiger charge is -2.33. The van der Waals surface area contributed by atoms with Gasteiger partial charge in [0.1, 0.15) is 0 Å². The van der Waals surface area contributed by atoms with Crippen LogP contribution in [0.25, 0.3) is 0 Å². The van der Waals surface area contributed by atoms with E-state index in [2.05, 4.69) is 23.4 Å². The quantitative estimate of drug-likeness (QED) is 0.785. The van der Waals surface area contributed by atoms with Gasteiger partial charge in [0.15, 0.2) is 0 Å². The monoisotopic (exact) mass is 190 g/mol. The van der Waals surface area contributed by atoms with Crippen LogP contribution in [0, 0.1) is 5.92 Å². The number of rotatable bonds is 4. The summed E-state index contributed by atoms with van der Waals surface area (Å²) in [6.07, 6.45) is 9.13. The van der Waals surface area contributed by atoms with E-state index in [-0.39, 0.29) is 0 Å². The summed E-state index contributed by atoms with van der Waals surface area (Å²) in [6, 6.07) is 4.83. The smallest absolute Gasteiger partial charge is 0.0300 e. The summed E-state index contributed by atoms with van der Waals surface area (Å²) in [7, 11) is 2.07. The van der Waals surface area contributed by atoms with Crippen molar-refractivity contribution in [2.24, 2.45) is 5.92 Å². The third-order valence-electron chi connectivity index (χ3n) is 3.27. The van der Waals surface area contributed by atoms with Crippen molar-refractivity contribution < 1.29 is 0 Å². The molecule has 2 nitrogen and oxygen atoms in total. The van der Waals surface area contributed by atoms with Crippen LogP contribution < -0.4 is 5.32 Å². The molecule has 0 radical (unpaired) electrons. The summed E-state index contributed by atoms with van der Waals surface area (Å²) in [6.45, 7) is 0. The maximum absolute atomic E-state index is 4.15. The molecular weight excluding hydrogens is 172 g/mol. The summed E-state index contributed by atoms with van der Waals surface area (Å²) in [5.41, 5.74) is 1.35. The van der Waals surface area contributed by atoms with Gasteiger partial charge in [-0.15, -0.1) is 0 Å². The summed E-state index contributed by atoms with van der Waals surface area (Å²) >= 11 is 0. The second-order valence-electron chi connectivity index (χ2n) is 4.15. The first-order valence-corrected chi connectivity index (χ1v) is 5.46. The van der Waals surface area contributed by atoms with Crippen LogP contribution in [0.4, 0.5) is 0 Å². The fourth-order valence-corrected chi connectivity index (χ4v) is 2.12. The van der Waals surface area contributed by atoms with Gasteiger partial charge >= 0.3 is 0 Å². The molecule has 1 heterocycles. The van der Waals surface area contributed by atoms with Crippen molar-refractivity contribution in [3.8, 4) is 0 Å². The predicted octanol–water partition coefficient (Wildman–Crippen LogP) is 2.01. The Balaban J connectivity index is 1.94. The number of aromatic nitrogens is 1. The minimum absolute atomic E-state index is 0.646. The van der Waals surface area contributed by atoms with E-state index in [1.165, 1.54) is 24.8 Å². The zero-order valence-corrected chi connectivity index (χ0v) is 8.74. The Labute approximate surface area is 85.7 Å². The molecule has 1 saturated carbocycles. The van der Waals surface area contributed by atoms with E-state index in [9.17, 15) is 0 Å². The molecule has 1 aliphatic rings. The molecule has 0 aliphatic heterocycles. The van der Waals surface area contributed by atoms with Crippen molar-refractivity contribution in [1.82, 2.24) is 10.3 Å². The molecule has 1 aliphatic carbocycles. The lowest BCUT2D eigenvalue weighted by molar-refractivity contribution is 0.235. The first kappa shape index (κ1) is 9.66. The number of hydrogen-bond acceptors (Lipinski definition) is 2. The van der Waals surface area contributed by atoms with Gasteiger partial charge in [0.05, 0.1) is 0 Å². The maximum atomic E-state index is 4.15. The van der Waals surface area contributed by atoms with Crippen LogP contribution in [-0.2, 0) is 6.42 Å². The molecule has 1 atom stereocenters. The Morgan fingerprint density at radius 2 is 2.43 bits per heavy atom. The summed E-state index contributed by atoms with van der Waals surface area (Å²) in [4.78, 5) is 4.15. The minimum Gasteiger partial charge on any atom is -0.316 e. The molecular formula is C12H18N2. The molecule has 0 amide bonds. The predicted molar refractivity (Wildman–Crippen MR) is 58.1 cm³/mol. The van der Waals surface area contributed by atoms with Gasteiger partial charge in [-0.25, -0.2) is 0 Å². The van der Waals surface area contributed by atoms with Gasteiger partial charge in [-0.05, 0) is 43.9 Å². The molecule has 1 fully saturated rings. The van der Waals surface area contributed by atoms with Gasteiger partial charge < -0.3 is 5.32 Å². The molecule has 0 aromatic carbocycles. The highest BCUT2D eigenvalue weighted by molar-refractivity contribution is 5.10. The second-order valence-corrected chi connectivity index (χ2v) is 4.15. The molecule has 1 aromatic rings. The Morgan fingerprint density at radius 1 is 1.57 bits per heavy atom. The normalized spacial score (nSPS) is 18.9. The van der Waals surface area contributed by atoms with Gasteiger partial charge in [-0.3, -0.25) is 4.98 Å². The third kappa shape index (κ3) is 2.13. The van der Waals surface area contributed by atoms with E-state index >= 15 is 0 Å². The average Bonchev–Trinajstić information content (AvgIpc) is 2.15. The first-order chi connectivity index (χ1) is 6.90. The maximum Gasteiger partial charge on any atom is 0.0300 e. The van der Waals surface area contributed by atoms with Crippen LogP contribution >= 0.6 is 0 Å². The van der Waals surface area contributed by atoms with Crippen molar-refractivity contribution in [3.63, 3.8) is 0 Å². The van der Waals surface area contributed by atoms with Gasteiger partial charge in [0, 0.05) is 18.4 Å². The summed E-state index contributed by atoms with van der Waals surface area (Å²) < 4.78 is 0. The Bertz CT molecular complexity index is 267. The first-order valence-electron chi connectivity index (χ1n) is 5.46. The van der Waals surface area contributed by atoms with E-state index < -0.39 is 0 Å². The van der Waals surface area contributed by atoms with Crippen LogP contribution in [0.2, 0.25) is 0 Å². The molecule has 2 heteroatoms. The molecule has 0 saturated heterocycles. The molecule has 0 spiro atoms. The zero-order valence-electron chi connectivity index (χ0n) is 8.74. The lowest BCUT2D eigenvalue weighted by Crippen LogP contribution is -2.39. The summed E-state index contributed by atoms with van der Waals surface area (Å²) in [5, 5.41) is 3.42. The van der Waals surface area contributed by atoms with E-state index in [1.807, 2.05) is 18.5 Å². The summed E-state index contributed by atoms with van der Waals surface area (Å²) in [5.74, 6) is 0.889. The van der Waals surface area contributed by atoms with Crippen LogP contribution in [0.3, 0.4) is 0 Å². The second kappa shape index (κ2) is 4.56. The molecule has 1 aromatic heterocycles. The van der Waals surface area contributed by atoms with Gasteiger partial charge in [-0.2, -0.15) is 0 Å². The van der Waals surface area contributed by atoms with E-state index in [0.29, 0.717) is 6.04 Å². The van der Waals surface area contributed by atoms with E-state index in [4.69, 9.17) is 0 Å². The van der Waals surface area contributed by atoms with Crippen molar-refractivity contribution in [2.45, 2.75) is 31.7 Å². The SMILES string of the molecule is CNC(Cc1cccnc1)C1CCC1. The minimum atomic E-state index is 0.646.